The van der Waals surface area contributed by atoms with E-state index in [1.807, 2.05) is 6.07 Å². The third-order valence-electron chi connectivity index (χ3n) is 4.80. The van der Waals surface area contributed by atoms with Gasteiger partial charge in [-0.25, -0.2) is 0 Å². The number of benzene rings is 1. The van der Waals surface area contributed by atoms with Gasteiger partial charge in [-0.05, 0) is 37.8 Å². The minimum Gasteiger partial charge on any atom is -0.325 e. The SMILES string of the molecule is N#CC1CCCN1C(=O)[C@@H]1C[C@H](NCCc2ccccc2)CN1. The third-order valence-corrected chi connectivity index (χ3v) is 4.80. The number of likely N-dealkylation sites (tertiary alicyclic amines) is 1. The molecule has 2 heterocycles. The minimum atomic E-state index is -0.227. The van der Waals surface area contributed by atoms with E-state index in [2.05, 4.69) is 41.0 Å². The number of carbonyl (C=O) groups is 1. The van der Waals surface area contributed by atoms with Crippen LogP contribution in [0.1, 0.15) is 24.8 Å². The smallest absolute Gasteiger partial charge is 0.240 e. The normalized spacial score (nSPS) is 27.1. The van der Waals surface area contributed by atoms with Crippen molar-refractivity contribution < 1.29 is 4.79 Å². The van der Waals surface area contributed by atoms with E-state index in [0.29, 0.717) is 6.04 Å². The molecule has 3 atom stereocenters. The van der Waals surface area contributed by atoms with Crippen LogP contribution in [-0.2, 0) is 11.2 Å². The summed E-state index contributed by atoms with van der Waals surface area (Å²) in [7, 11) is 0. The molecule has 3 rings (SSSR count). The van der Waals surface area contributed by atoms with Gasteiger partial charge in [0.05, 0.1) is 12.1 Å². The Kier molecular flexibility index (Phi) is 5.27. The minimum absolute atomic E-state index is 0.0985. The summed E-state index contributed by atoms with van der Waals surface area (Å²) in [4.78, 5) is 14.3. The van der Waals surface area contributed by atoms with Crippen molar-refractivity contribution in [2.75, 3.05) is 19.6 Å². The summed E-state index contributed by atoms with van der Waals surface area (Å²) >= 11 is 0. The van der Waals surface area contributed by atoms with Gasteiger partial charge in [0.15, 0.2) is 0 Å². The lowest BCUT2D eigenvalue weighted by atomic mass is 10.1. The molecule has 5 heteroatoms. The molecule has 2 fully saturated rings. The lowest BCUT2D eigenvalue weighted by molar-refractivity contribution is -0.133. The van der Waals surface area contributed by atoms with Crippen molar-refractivity contribution in [1.82, 2.24) is 15.5 Å². The van der Waals surface area contributed by atoms with Crippen molar-refractivity contribution >= 4 is 5.91 Å². The van der Waals surface area contributed by atoms with E-state index in [9.17, 15) is 4.79 Å². The molecule has 0 saturated carbocycles. The van der Waals surface area contributed by atoms with E-state index < -0.39 is 0 Å². The van der Waals surface area contributed by atoms with Crippen LogP contribution in [0.15, 0.2) is 30.3 Å². The highest BCUT2D eigenvalue weighted by Gasteiger charge is 2.36. The Morgan fingerprint density at radius 1 is 1.39 bits per heavy atom. The molecular formula is C18H24N4O. The molecule has 0 bridgehead atoms. The van der Waals surface area contributed by atoms with Gasteiger partial charge in [0, 0.05) is 19.1 Å². The molecule has 0 aromatic heterocycles. The fourth-order valence-corrected chi connectivity index (χ4v) is 3.51. The van der Waals surface area contributed by atoms with Crippen molar-refractivity contribution in [3.05, 3.63) is 35.9 Å². The summed E-state index contributed by atoms with van der Waals surface area (Å²) < 4.78 is 0. The van der Waals surface area contributed by atoms with E-state index in [1.54, 1.807) is 4.90 Å². The van der Waals surface area contributed by atoms with Crippen molar-refractivity contribution in [1.29, 1.82) is 5.26 Å². The second-order valence-corrected chi connectivity index (χ2v) is 6.40. The maximum atomic E-state index is 12.5. The Bertz CT molecular complexity index is 568. The molecule has 1 aromatic carbocycles. The second kappa shape index (κ2) is 7.58. The maximum Gasteiger partial charge on any atom is 0.240 e. The average molecular weight is 312 g/mol. The zero-order valence-electron chi connectivity index (χ0n) is 13.4. The first kappa shape index (κ1) is 16.0. The van der Waals surface area contributed by atoms with Gasteiger partial charge in [-0.3, -0.25) is 4.79 Å². The number of hydrogen-bond acceptors (Lipinski definition) is 4. The highest BCUT2D eigenvalue weighted by atomic mass is 16.2. The van der Waals surface area contributed by atoms with Crippen LogP contribution in [0.5, 0.6) is 0 Å². The van der Waals surface area contributed by atoms with Gasteiger partial charge in [-0.2, -0.15) is 5.26 Å². The molecule has 122 valence electrons. The molecule has 2 N–H and O–H groups in total. The Morgan fingerprint density at radius 3 is 3.00 bits per heavy atom. The molecule has 1 aromatic rings. The Labute approximate surface area is 137 Å². The summed E-state index contributed by atoms with van der Waals surface area (Å²) in [5, 5.41) is 16.0. The Hall–Kier alpha value is -1.90. The number of nitrogens with one attached hydrogen (secondary N) is 2. The first-order valence-electron chi connectivity index (χ1n) is 8.48. The number of hydrogen-bond donors (Lipinski definition) is 2. The van der Waals surface area contributed by atoms with Crippen LogP contribution in [0.2, 0.25) is 0 Å². The highest BCUT2D eigenvalue weighted by Crippen LogP contribution is 2.20. The summed E-state index contributed by atoms with van der Waals surface area (Å²) in [6, 6.07) is 12.6. The van der Waals surface area contributed by atoms with E-state index in [1.165, 1.54) is 5.56 Å². The topological polar surface area (TPSA) is 68.2 Å². The van der Waals surface area contributed by atoms with Crippen LogP contribution >= 0.6 is 0 Å². The molecule has 23 heavy (non-hydrogen) atoms. The molecular weight excluding hydrogens is 288 g/mol. The average Bonchev–Trinajstić information content (AvgIpc) is 3.24. The van der Waals surface area contributed by atoms with Gasteiger partial charge in [0.2, 0.25) is 5.91 Å². The Morgan fingerprint density at radius 2 is 2.22 bits per heavy atom. The first-order valence-corrected chi connectivity index (χ1v) is 8.48. The van der Waals surface area contributed by atoms with Crippen LogP contribution in [0, 0.1) is 11.3 Å². The van der Waals surface area contributed by atoms with Gasteiger partial charge in [0.1, 0.15) is 6.04 Å². The van der Waals surface area contributed by atoms with Gasteiger partial charge in [-0.15, -0.1) is 0 Å². The number of nitrogens with zero attached hydrogens (tertiary/aromatic N) is 2. The second-order valence-electron chi connectivity index (χ2n) is 6.40. The molecule has 5 nitrogen and oxygen atoms in total. The van der Waals surface area contributed by atoms with E-state index >= 15 is 0 Å². The summed E-state index contributed by atoms with van der Waals surface area (Å²) in [6.45, 7) is 2.46. The predicted molar refractivity (Wildman–Crippen MR) is 88.7 cm³/mol. The van der Waals surface area contributed by atoms with E-state index in [-0.39, 0.29) is 18.0 Å². The number of rotatable bonds is 5. The third kappa shape index (κ3) is 3.90. The van der Waals surface area contributed by atoms with Crippen LogP contribution in [0.25, 0.3) is 0 Å². The maximum absolute atomic E-state index is 12.5. The summed E-state index contributed by atoms with van der Waals surface area (Å²) in [5.74, 6) is 0.0985. The van der Waals surface area contributed by atoms with Crippen molar-refractivity contribution in [2.45, 2.75) is 43.8 Å². The van der Waals surface area contributed by atoms with Crippen molar-refractivity contribution in [3.63, 3.8) is 0 Å². The Balaban J connectivity index is 1.43. The van der Waals surface area contributed by atoms with Crippen LogP contribution in [0.3, 0.4) is 0 Å². The quantitative estimate of drug-likeness (QED) is 0.853. The molecule has 2 aliphatic heterocycles. The largest absolute Gasteiger partial charge is 0.325 e. The molecule has 0 spiro atoms. The van der Waals surface area contributed by atoms with Crippen LogP contribution in [-0.4, -0.2) is 48.6 Å². The van der Waals surface area contributed by atoms with Crippen molar-refractivity contribution in [2.24, 2.45) is 0 Å². The summed E-state index contributed by atoms with van der Waals surface area (Å²) in [5.41, 5.74) is 1.33. The molecule has 2 aliphatic rings. The molecule has 1 amide bonds. The fraction of sp³-hybridized carbons (Fsp3) is 0.556. The first-order chi connectivity index (χ1) is 11.3. The molecule has 2 saturated heterocycles. The molecule has 0 aliphatic carbocycles. The number of amides is 1. The van der Waals surface area contributed by atoms with E-state index in [0.717, 1.165) is 45.3 Å². The van der Waals surface area contributed by atoms with E-state index in [4.69, 9.17) is 5.26 Å². The zero-order valence-corrected chi connectivity index (χ0v) is 13.4. The van der Waals surface area contributed by atoms with Crippen LogP contribution < -0.4 is 10.6 Å². The number of nitriles is 1. The lowest BCUT2D eigenvalue weighted by Gasteiger charge is -2.23. The van der Waals surface area contributed by atoms with Crippen LogP contribution in [0.4, 0.5) is 0 Å². The molecule has 1 unspecified atom stereocenters. The fourth-order valence-electron chi connectivity index (χ4n) is 3.51. The number of carbonyl (C=O) groups excluding carboxylic acids is 1. The lowest BCUT2D eigenvalue weighted by Crippen LogP contribution is -2.45. The summed E-state index contributed by atoms with van der Waals surface area (Å²) in [6.07, 6.45) is 3.56. The van der Waals surface area contributed by atoms with Gasteiger partial charge in [0.25, 0.3) is 0 Å². The van der Waals surface area contributed by atoms with Crippen molar-refractivity contribution in [3.8, 4) is 6.07 Å². The van der Waals surface area contributed by atoms with Gasteiger partial charge in [-0.1, -0.05) is 30.3 Å². The predicted octanol–water partition coefficient (Wildman–Crippen LogP) is 1.06. The zero-order chi connectivity index (χ0) is 16.1. The van der Waals surface area contributed by atoms with Gasteiger partial charge < -0.3 is 15.5 Å². The van der Waals surface area contributed by atoms with Gasteiger partial charge >= 0.3 is 0 Å². The standard InChI is InChI=1S/C18H24N4O/c19-12-16-7-4-10-22(16)18(23)17-11-15(13-21-17)20-9-8-14-5-2-1-3-6-14/h1-3,5-6,15-17,20-21H,4,7-11,13H2/t15-,16?,17-/m0/s1. The monoisotopic (exact) mass is 312 g/mol. The highest BCUT2D eigenvalue weighted by molar-refractivity contribution is 5.83. The molecule has 0 radical (unpaired) electrons.